The molecule has 178 valence electrons. The average molecular weight is 440 g/mol. The Morgan fingerprint density at radius 1 is 0.968 bits per heavy atom. The zero-order valence-corrected chi connectivity index (χ0v) is 19.4. The highest BCUT2D eigenvalue weighted by atomic mass is 16.5. The first-order valence-electron chi connectivity index (χ1n) is 11.7. The Balaban J connectivity index is 2.01. The lowest BCUT2D eigenvalue weighted by molar-refractivity contribution is 0.0547. The van der Waals surface area contributed by atoms with Gasteiger partial charge >= 0.3 is 0 Å². The van der Waals surface area contributed by atoms with Crippen LogP contribution in [0.1, 0.15) is 39.5 Å². The molecule has 3 N–H and O–H groups in total. The number of unbranched alkanes of at least 4 members (excludes halogenated alkanes) is 2. The van der Waals surface area contributed by atoms with Crippen LogP contribution in [0.5, 0.6) is 0 Å². The maximum atomic E-state index is 5.60. The van der Waals surface area contributed by atoms with Gasteiger partial charge in [-0.1, -0.05) is 26.7 Å². The van der Waals surface area contributed by atoms with Crippen molar-refractivity contribution in [3.8, 4) is 0 Å². The molecule has 0 atom stereocenters. The number of nitrogens with one attached hydrogen (secondary N) is 1. The van der Waals surface area contributed by atoms with E-state index in [4.69, 9.17) is 29.9 Å². The predicted octanol–water partition coefficient (Wildman–Crippen LogP) is 1.52. The van der Waals surface area contributed by atoms with E-state index in [0.717, 1.165) is 57.8 Å². The number of rotatable bonds is 17. The number of anilines is 3. The third-order valence-corrected chi connectivity index (χ3v) is 4.92. The predicted molar refractivity (Wildman–Crippen MR) is 124 cm³/mol. The zero-order chi connectivity index (χ0) is 22.2. The van der Waals surface area contributed by atoms with Crippen molar-refractivity contribution in [2.45, 2.75) is 39.5 Å². The highest BCUT2D eigenvalue weighted by molar-refractivity contribution is 5.45. The van der Waals surface area contributed by atoms with Gasteiger partial charge in [-0.25, -0.2) is 0 Å². The fourth-order valence-electron chi connectivity index (χ4n) is 3.13. The fraction of sp³-hybridized carbons (Fsp3) is 0.857. The normalized spacial score (nSPS) is 14.1. The lowest BCUT2D eigenvalue weighted by Crippen LogP contribution is -2.38. The number of aromatic nitrogens is 3. The first-order valence-corrected chi connectivity index (χ1v) is 11.7. The molecule has 1 aromatic heterocycles. The molecule has 0 bridgehead atoms. The van der Waals surface area contributed by atoms with E-state index in [1.807, 2.05) is 0 Å². The van der Waals surface area contributed by atoms with Crippen LogP contribution in [0.3, 0.4) is 0 Å². The van der Waals surface area contributed by atoms with Crippen LogP contribution in [0, 0.1) is 0 Å². The van der Waals surface area contributed by atoms with Crippen molar-refractivity contribution in [1.29, 1.82) is 0 Å². The minimum Gasteiger partial charge on any atom is -0.378 e. The van der Waals surface area contributed by atoms with E-state index >= 15 is 0 Å². The first-order chi connectivity index (χ1) is 15.3. The zero-order valence-electron chi connectivity index (χ0n) is 19.4. The van der Waals surface area contributed by atoms with E-state index in [1.54, 1.807) is 0 Å². The number of nitrogens with zero attached hydrogens (tertiary/aromatic N) is 5. The number of nitrogens with two attached hydrogens (primary N) is 1. The van der Waals surface area contributed by atoms with E-state index in [-0.39, 0.29) is 0 Å². The van der Waals surface area contributed by atoms with Crippen molar-refractivity contribution in [2.24, 2.45) is 5.73 Å². The minimum atomic E-state index is 0.530. The van der Waals surface area contributed by atoms with Gasteiger partial charge in [-0.05, 0) is 12.8 Å². The summed E-state index contributed by atoms with van der Waals surface area (Å²) in [6, 6.07) is 0. The van der Waals surface area contributed by atoms with Crippen molar-refractivity contribution < 1.29 is 14.2 Å². The number of hydrogen-bond acceptors (Lipinski definition) is 10. The molecule has 1 aromatic rings. The van der Waals surface area contributed by atoms with E-state index < -0.39 is 0 Å². The van der Waals surface area contributed by atoms with Gasteiger partial charge in [0.25, 0.3) is 0 Å². The summed E-state index contributed by atoms with van der Waals surface area (Å²) in [5, 5.41) is 3.30. The van der Waals surface area contributed by atoms with Gasteiger partial charge in [0.2, 0.25) is 17.8 Å². The smallest absolute Gasteiger partial charge is 0.232 e. The number of hydrogen-bond donors (Lipinski definition) is 2. The molecule has 0 aliphatic carbocycles. The van der Waals surface area contributed by atoms with Gasteiger partial charge in [-0.15, -0.1) is 0 Å². The summed E-state index contributed by atoms with van der Waals surface area (Å²) in [4.78, 5) is 18.7. The summed E-state index contributed by atoms with van der Waals surface area (Å²) in [7, 11) is 0. The molecule has 10 nitrogen and oxygen atoms in total. The van der Waals surface area contributed by atoms with Crippen LogP contribution in [0.4, 0.5) is 17.8 Å². The second-order valence-corrected chi connectivity index (χ2v) is 7.49. The van der Waals surface area contributed by atoms with Crippen LogP contribution in [-0.4, -0.2) is 93.9 Å². The van der Waals surface area contributed by atoms with Gasteiger partial charge in [0.05, 0.1) is 39.6 Å². The van der Waals surface area contributed by atoms with Crippen LogP contribution in [-0.2, 0) is 14.2 Å². The van der Waals surface area contributed by atoms with Crippen molar-refractivity contribution >= 4 is 17.8 Å². The molecule has 1 aliphatic heterocycles. The Hall–Kier alpha value is -1.75. The van der Waals surface area contributed by atoms with Crippen LogP contribution in [0.25, 0.3) is 0 Å². The highest BCUT2D eigenvalue weighted by Crippen LogP contribution is 2.19. The van der Waals surface area contributed by atoms with Gasteiger partial charge in [0, 0.05) is 39.3 Å². The Morgan fingerprint density at radius 2 is 1.65 bits per heavy atom. The number of ether oxygens (including phenoxy) is 3. The summed E-state index contributed by atoms with van der Waals surface area (Å²) >= 11 is 0. The lowest BCUT2D eigenvalue weighted by atomic mass is 10.3. The summed E-state index contributed by atoms with van der Waals surface area (Å²) in [6.45, 7) is 12.6. The molecule has 0 spiro atoms. The molecule has 2 rings (SSSR count). The Kier molecular flexibility index (Phi) is 13.1. The van der Waals surface area contributed by atoms with Crippen molar-refractivity contribution in [2.75, 3.05) is 94.0 Å². The Labute approximate surface area is 186 Å². The molecule has 0 radical (unpaired) electrons. The maximum absolute atomic E-state index is 5.60. The molecule has 31 heavy (non-hydrogen) atoms. The van der Waals surface area contributed by atoms with Gasteiger partial charge in [0.1, 0.15) is 0 Å². The van der Waals surface area contributed by atoms with Crippen LogP contribution in [0.15, 0.2) is 0 Å². The third-order valence-electron chi connectivity index (χ3n) is 4.92. The quantitative estimate of drug-likeness (QED) is 0.347. The molecule has 0 amide bonds. The topological polar surface area (TPSA) is 111 Å². The molecule has 0 saturated carbocycles. The molecule has 0 aromatic carbocycles. The minimum absolute atomic E-state index is 0.530. The highest BCUT2D eigenvalue weighted by Gasteiger charge is 2.19. The van der Waals surface area contributed by atoms with Gasteiger partial charge in [-0.3, -0.25) is 0 Å². The van der Waals surface area contributed by atoms with Gasteiger partial charge < -0.3 is 35.1 Å². The van der Waals surface area contributed by atoms with Crippen LogP contribution >= 0.6 is 0 Å². The molecular formula is C21H41N7O3. The summed E-state index contributed by atoms with van der Waals surface area (Å²) in [5.41, 5.74) is 5.40. The molecule has 1 saturated heterocycles. The van der Waals surface area contributed by atoms with Gasteiger partial charge in [-0.2, -0.15) is 15.0 Å². The maximum Gasteiger partial charge on any atom is 0.232 e. The van der Waals surface area contributed by atoms with Crippen LogP contribution < -0.4 is 20.9 Å². The van der Waals surface area contributed by atoms with Gasteiger partial charge in [0.15, 0.2) is 0 Å². The summed E-state index contributed by atoms with van der Waals surface area (Å²) < 4.78 is 16.4. The van der Waals surface area contributed by atoms with Crippen LogP contribution in [0.2, 0.25) is 0 Å². The van der Waals surface area contributed by atoms with E-state index in [0.29, 0.717) is 64.6 Å². The van der Waals surface area contributed by atoms with Crippen molar-refractivity contribution in [1.82, 2.24) is 15.0 Å². The van der Waals surface area contributed by atoms with Crippen molar-refractivity contribution in [3.05, 3.63) is 0 Å². The number of morpholine rings is 1. The average Bonchev–Trinajstić information content (AvgIpc) is 2.81. The summed E-state index contributed by atoms with van der Waals surface area (Å²) in [5.74, 6) is 2.05. The second-order valence-electron chi connectivity index (χ2n) is 7.49. The summed E-state index contributed by atoms with van der Waals surface area (Å²) in [6.07, 6.45) is 4.51. The standard InChI is InChI=1S/C21H41N7O3/c1-3-5-9-27(10-6-4-2)20-24-19(23-8-14-30-18-17-29-13-7-22)25-21(26-20)28-11-15-31-16-12-28/h3-18,22H2,1-2H3,(H,23,24,25,26). The van der Waals surface area contributed by atoms with E-state index in [9.17, 15) is 0 Å². The third kappa shape index (κ3) is 9.94. The molecule has 10 heteroatoms. The van der Waals surface area contributed by atoms with E-state index in [2.05, 4.69) is 33.9 Å². The first kappa shape index (κ1) is 25.5. The lowest BCUT2D eigenvalue weighted by Gasteiger charge is -2.29. The largest absolute Gasteiger partial charge is 0.378 e. The monoisotopic (exact) mass is 439 g/mol. The molecule has 1 aliphatic rings. The Morgan fingerprint density at radius 3 is 2.29 bits per heavy atom. The molecule has 2 heterocycles. The second kappa shape index (κ2) is 16.0. The van der Waals surface area contributed by atoms with E-state index in [1.165, 1.54) is 0 Å². The van der Waals surface area contributed by atoms with Crippen molar-refractivity contribution in [3.63, 3.8) is 0 Å². The Bertz CT molecular complexity index is 580. The fourth-order valence-corrected chi connectivity index (χ4v) is 3.13. The molecule has 0 unspecified atom stereocenters. The molecule has 1 fully saturated rings. The molecular weight excluding hydrogens is 398 g/mol. The SMILES string of the molecule is CCCCN(CCCC)c1nc(NCCOCCOCCN)nc(N2CCOCC2)n1.